The quantitative estimate of drug-likeness (QED) is 0.449. The molecule has 0 spiro atoms. The summed E-state index contributed by atoms with van der Waals surface area (Å²) < 4.78 is 30.4. The van der Waals surface area contributed by atoms with E-state index < -0.39 is 38.0 Å². The van der Waals surface area contributed by atoms with Crippen LogP contribution in [0.4, 0.5) is 5.69 Å². The van der Waals surface area contributed by atoms with Crippen molar-refractivity contribution in [3.63, 3.8) is 0 Å². The number of nitro benzene ring substituents is 1. The third kappa shape index (κ3) is 5.50. The van der Waals surface area contributed by atoms with E-state index in [-0.39, 0.29) is 0 Å². The lowest BCUT2D eigenvalue weighted by Gasteiger charge is -2.12. The Morgan fingerprint density at radius 2 is 1.93 bits per heavy atom. The number of halogens is 1. The molecule has 11 heteroatoms. The van der Waals surface area contributed by atoms with Crippen LogP contribution >= 0.6 is 15.9 Å². The second kappa shape index (κ2) is 9.13. The number of nitro groups is 1. The van der Waals surface area contributed by atoms with Crippen LogP contribution < -0.4 is 15.0 Å². The fourth-order valence-corrected chi connectivity index (χ4v) is 3.73. The van der Waals surface area contributed by atoms with Gasteiger partial charge in [-0.3, -0.25) is 20.3 Å². The van der Waals surface area contributed by atoms with E-state index in [1.54, 1.807) is 6.07 Å². The van der Waals surface area contributed by atoms with Crippen molar-refractivity contribution >= 4 is 37.5 Å². The van der Waals surface area contributed by atoms with Crippen molar-refractivity contribution in [1.29, 1.82) is 0 Å². The fraction of sp³-hybridized carbons (Fsp3) is 0.235. The largest absolute Gasteiger partial charge is 0.483 e. The van der Waals surface area contributed by atoms with Crippen LogP contribution in [-0.4, -0.2) is 25.9 Å². The minimum Gasteiger partial charge on any atom is -0.483 e. The molecule has 0 saturated carbocycles. The van der Waals surface area contributed by atoms with Crippen molar-refractivity contribution in [2.45, 2.75) is 24.7 Å². The molecule has 0 atom stereocenters. The third-order valence-corrected chi connectivity index (χ3v) is 5.57. The summed E-state index contributed by atoms with van der Waals surface area (Å²) in [7, 11) is -4.33. The van der Waals surface area contributed by atoms with Crippen LogP contribution in [0.25, 0.3) is 0 Å². The van der Waals surface area contributed by atoms with E-state index in [0.717, 1.165) is 17.7 Å². The van der Waals surface area contributed by atoms with Gasteiger partial charge in [-0.15, -0.1) is 4.83 Å². The lowest BCUT2D eigenvalue weighted by molar-refractivity contribution is -0.387. The van der Waals surface area contributed by atoms with Gasteiger partial charge in [0, 0.05) is 6.07 Å². The molecule has 2 rings (SSSR count). The van der Waals surface area contributed by atoms with Crippen LogP contribution in [0.15, 0.2) is 51.8 Å². The van der Waals surface area contributed by atoms with Crippen LogP contribution in [-0.2, 0) is 14.8 Å². The molecule has 0 aliphatic heterocycles. The van der Waals surface area contributed by atoms with Gasteiger partial charge >= 0.3 is 0 Å². The maximum Gasteiger partial charge on any atom is 0.289 e. The van der Waals surface area contributed by atoms with Gasteiger partial charge in [0.1, 0.15) is 5.75 Å². The molecule has 0 unspecified atom stereocenters. The van der Waals surface area contributed by atoms with Crippen molar-refractivity contribution < 1.29 is 22.9 Å². The number of carbonyl (C=O) groups is 1. The summed E-state index contributed by atoms with van der Waals surface area (Å²) >= 11 is 3.36. The first-order valence-electron chi connectivity index (χ1n) is 8.08. The molecule has 0 fully saturated rings. The second-order valence-corrected chi connectivity index (χ2v) is 8.52. The van der Waals surface area contributed by atoms with Gasteiger partial charge in [-0.2, -0.15) is 0 Å². The predicted octanol–water partition coefficient (Wildman–Crippen LogP) is 2.87. The molecule has 0 bridgehead atoms. The Kier molecular flexibility index (Phi) is 7.11. The molecule has 2 N–H and O–H groups in total. The highest BCUT2D eigenvalue weighted by molar-refractivity contribution is 9.10. The van der Waals surface area contributed by atoms with E-state index in [1.807, 2.05) is 36.2 Å². The average molecular weight is 472 g/mol. The van der Waals surface area contributed by atoms with Gasteiger partial charge in [-0.25, -0.2) is 8.42 Å². The Balaban J connectivity index is 1.98. The van der Waals surface area contributed by atoms with Gasteiger partial charge in [-0.1, -0.05) is 32.0 Å². The maximum absolute atomic E-state index is 12.2. The minimum atomic E-state index is -4.33. The monoisotopic (exact) mass is 471 g/mol. The van der Waals surface area contributed by atoms with Crippen molar-refractivity contribution in [2.24, 2.45) is 0 Å². The number of benzene rings is 2. The van der Waals surface area contributed by atoms with E-state index in [4.69, 9.17) is 4.74 Å². The number of amides is 1. The summed E-state index contributed by atoms with van der Waals surface area (Å²) in [6.07, 6.45) is 0. The number of sulfonamides is 1. The maximum atomic E-state index is 12.2. The molecule has 2 aromatic carbocycles. The highest BCUT2D eigenvalue weighted by Crippen LogP contribution is 2.28. The third-order valence-electron chi connectivity index (χ3n) is 3.66. The van der Waals surface area contributed by atoms with E-state index >= 15 is 0 Å². The molecular weight excluding hydrogens is 454 g/mol. The molecule has 0 radical (unpaired) electrons. The van der Waals surface area contributed by atoms with Gasteiger partial charge in [0.2, 0.25) is 0 Å². The van der Waals surface area contributed by atoms with Crippen LogP contribution in [0.5, 0.6) is 5.75 Å². The SMILES string of the molecule is CC(C)c1ccc(OCC(=O)NNS(=O)(=O)c2ccccc2[N+](=O)[O-])c(Br)c1. The molecule has 0 aliphatic rings. The number of rotatable bonds is 8. The minimum absolute atomic E-state index is 0.324. The molecule has 0 heterocycles. The first kappa shape index (κ1) is 21.8. The number of hydrogen-bond donors (Lipinski definition) is 2. The van der Waals surface area contributed by atoms with Crippen LogP contribution in [0.1, 0.15) is 25.3 Å². The van der Waals surface area contributed by atoms with E-state index in [0.29, 0.717) is 16.1 Å². The Morgan fingerprint density at radius 1 is 1.25 bits per heavy atom. The summed E-state index contributed by atoms with van der Waals surface area (Å²) in [6, 6.07) is 10.2. The predicted molar refractivity (Wildman–Crippen MR) is 105 cm³/mol. The number of hydrazine groups is 1. The molecule has 0 saturated heterocycles. The Bertz CT molecular complexity index is 994. The van der Waals surface area contributed by atoms with Gasteiger partial charge < -0.3 is 4.74 Å². The first-order chi connectivity index (χ1) is 13.1. The van der Waals surface area contributed by atoms with Gasteiger partial charge in [-0.05, 0) is 45.6 Å². The lowest BCUT2D eigenvalue weighted by atomic mass is 10.0. The molecule has 0 aliphatic carbocycles. The molecule has 150 valence electrons. The molecule has 28 heavy (non-hydrogen) atoms. The highest BCUT2D eigenvalue weighted by Gasteiger charge is 2.25. The van der Waals surface area contributed by atoms with E-state index in [2.05, 4.69) is 15.9 Å². The number of nitrogens with one attached hydrogen (secondary N) is 2. The van der Waals surface area contributed by atoms with Crippen LogP contribution in [0, 0.1) is 10.1 Å². The van der Waals surface area contributed by atoms with Crippen LogP contribution in [0.2, 0.25) is 0 Å². The van der Waals surface area contributed by atoms with E-state index in [9.17, 15) is 23.3 Å². The van der Waals surface area contributed by atoms with Gasteiger partial charge in [0.15, 0.2) is 11.5 Å². The normalized spacial score (nSPS) is 11.3. The molecule has 9 nitrogen and oxygen atoms in total. The zero-order valence-corrected chi connectivity index (χ0v) is 17.4. The smallest absolute Gasteiger partial charge is 0.289 e. The van der Waals surface area contributed by atoms with Gasteiger partial charge in [0.05, 0.1) is 9.40 Å². The van der Waals surface area contributed by atoms with E-state index in [1.165, 1.54) is 12.1 Å². The zero-order valence-electron chi connectivity index (χ0n) is 15.0. The zero-order chi connectivity index (χ0) is 20.9. The first-order valence-corrected chi connectivity index (χ1v) is 10.4. The number of ether oxygens (including phenoxy) is 1. The van der Waals surface area contributed by atoms with Crippen LogP contribution in [0.3, 0.4) is 0 Å². The Morgan fingerprint density at radius 3 is 2.54 bits per heavy atom. The van der Waals surface area contributed by atoms with Gasteiger partial charge in [0.25, 0.3) is 21.6 Å². The number of hydrogen-bond acceptors (Lipinski definition) is 6. The lowest BCUT2D eigenvalue weighted by Crippen LogP contribution is -2.43. The second-order valence-electron chi connectivity index (χ2n) is 6.01. The summed E-state index contributed by atoms with van der Waals surface area (Å²) in [5.74, 6) is -0.0341. The standard InChI is InChI=1S/C17H18BrN3O6S/c1-11(2)12-7-8-15(13(18)9-12)27-10-17(22)19-20-28(25,26)16-6-4-3-5-14(16)21(23)24/h3-9,11,20H,10H2,1-2H3,(H,19,22). The Hall–Kier alpha value is -2.50. The fourth-order valence-electron chi connectivity index (χ4n) is 2.19. The average Bonchev–Trinajstić information content (AvgIpc) is 2.65. The molecular formula is C17H18BrN3O6S. The van der Waals surface area contributed by atoms with Crippen molar-refractivity contribution in [3.05, 3.63) is 62.6 Å². The Labute approximate surface area is 170 Å². The van der Waals surface area contributed by atoms with Crippen molar-refractivity contribution in [1.82, 2.24) is 10.3 Å². The summed E-state index contributed by atoms with van der Waals surface area (Å²) in [6.45, 7) is 3.62. The van der Waals surface area contributed by atoms with Crippen molar-refractivity contribution in [3.8, 4) is 5.75 Å². The number of nitrogens with zero attached hydrogens (tertiary/aromatic N) is 1. The summed E-state index contributed by atoms with van der Waals surface area (Å²) in [4.78, 5) is 23.3. The molecule has 0 aromatic heterocycles. The topological polar surface area (TPSA) is 128 Å². The summed E-state index contributed by atoms with van der Waals surface area (Å²) in [5, 5.41) is 11.0. The number of para-hydroxylation sites is 1. The summed E-state index contributed by atoms with van der Waals surface area (Å²) in [5.41, 5.74) is 2.45. The molecule has 1 amide bonds. The molecule has 2 aromatic rings. The highest BCUT2D eigenvalue weighted by atomic mass is 79.9. The van der Waals surface area contributed by atoms with Crippen molar-refractivity contribution in [2.75, 3.05) is 6.61 Å². The number of carbonyl (C=O) groups excluding carboxylic acids is 1.